The maximum atomic E-state index is 12.1. The number of hydrogen-bond acceptors (Lipinski definition) is 2. The van der Waals surface area contributed by atoms with Crippen molar-refractivity contribution in [3.63, 3.8) is 0 Å². The molecule has 0 N–H and O–H groups in total. The first kappa shape index (κ1) is 14.4. The van der Waals surface area contributed by atoms with Crippen LogP contribution in [0.2, 0.25) is 5.02 Å². The van der Waals surface area contributed by atoms with Crippen molar-refractivity contribution in [1.82, 2.24) is 9.80 Å². The minimum Gasteiger partial charge on any atom is -0.342 e. The highest BCUT2D eigenvalue weighted by Gasteiger charge is 2.18. The van der Waals surface area contributed by atoms with Crippen LogP contribution < -0.4 is 0 Å². The largest absolute Gasteiger partial charge is 0.342 e. The summed E-state index contributed by atoms with van der Waals surface area (Å²) in [6, 6.07) is 7.79. The molecule has 1 aromatic rings. The molecule has 0 aliphatic carbocycles. The van der Waals surface area contributed by atoms with Gasteiger partial charge in [-0.2, -0.15) is 0 Å². The van der Waals surface area contributed by atoms with E-state index < -0.39 is 0 Å². The van der Waals surface area contributed by atoms with Gasteiger partial charge in [0.05, 0.1) is 6.54 Å². The molecule has 1 heterocycles. The van der Waals surface area contributed by atoms with Gasteiger partial charge >= 0.3 is 0 Å². The molecule has 0 atom stereocenters. The zero-order chi connectivity index (χ0) is 13.7. The van der Waals surface area contributed by atoms with Gasteiger partial charge in [0.25, 0.3) is 0 Å². The molecule has 1 amide bonds. The van der Waals surface area contributed by atoms with Gasteiger partial charge in [-0.15, -0.1) is 0 Å². The number of halogens is 1. The van der Waals surface area contributed by atoms with E-state index in [0.29, 0.717) is 13.1 Å². The van der Waals surface area contributed by atoms with E-state index >= 15 is 0 Å². The van der Waals surface area contributed by atoms with Crippen LogP contribution >= 0.6 is 11.6 Å². The molecule has 4 heteroatoms. The van der Waals surface area contributed by atoms with E-state index in [-0.39, 0.29) is 5.91 Å². The van der Waals surface area contributed by atoms with E-state index in [2.05, 4.69) is 0 Å². The third kappa shape index (κ3) is 4.22. The number of rotatable bonds is 4. The molecule has 1 aliphatic rings. The first-order valence-electron chi connectivity index (χ1n) is 6.86. The molecule has 1 saturated heterocycles. The van der Waals surface area contributed by atoms with E-state index in [4.69, 9.17) is 11.6 Å². The van der Waals surface area contributed by atoms with Gasteiger partial charge in [-0.25, -0.2) is 0 Å². The molecular weight excluding hydrogens is 260 g/mol. The van der Waals surface area contributed by atoms with Gasteiger partial charge < -0.3 is 4.90 Å². The Morgan fingerprint density at radius 2 is 1.95 bits per heavy atom. The van der Waals surface area contributed by atoms with Gasteiger partial charge in [-0.1, -0.05) is 29.8 Å². The Kier molecular flexibility index (Phi) is 5.23. The number of amides is 1. The Balaban J connectivity index is 1.85. The van der Waals surface area contributed by atoms with Crippen molar-refractivity contribution in [1.29, 1.82) is 0 Å². The molecule has 0 radical (unpaired) electrons. The summed E-state index contributed by atoms with van der Waals surface area (Å²) in [5, 5.41) is 0.764. The Bertz CT molecular complexity index is 430. The monoisotopic (exact) mass is 280 g/mol. The molecule has 2 rings (SSSR count). The SMILES string of the molecule is CN(CC(=O)N1CCCCC1)Cc1ccccc1Cl. The molecule has 1 aliphatic heterocycles. The Morgan fingerprint density at radius 1 is 1.26 bits per heavy atom. The molecule has 0 aromatic heterocycles. The van der Waals surface area contributed by atoms with Crippen molar-refractivity contribution in [2.24, 2.45) is 0 Å². The van der Waals surface area contributed by atoms with Crippen LogP contribution in [0.5, 0.6) is 0 Å². The number of likely N-dealkylation sites (N-methyl/N-ethyl adjacent to an activating group) is 1. The molecule has 1 aromatic carbocycles. The van der Waals surface area contributed by atoms with Crippen molar-refractivity contribution >= 4 is 17.5 Å². The minimum absolute atomic E-state index is 0.231. The van der Waals surface area contributed by atoms with Crippen molar-refractivity contribution in [2.75, 3.05) is 26.7 Å². The smallest absolute Gasteiger partial charge is 0.236 e. The molecule has 104 valence electrons. The van der Waals surface area contributed by atoms with Crippen LogP contribution in [0.25, 0.3) is 0 Å². The highest BCUT2D eigenvalue weighted by atomic mass is 35.5. The molecule has 0 unspecified atom stereocenters. The van der Waals surface area contributed by atoms with Gasteiger partial charge in [0.2, 0.25) is 5.91 Å². The summed E-state index contributed by atoms with van der Waals surface area (Å²) in [6.45, 7) is 3.00. The number of likely N-dealkylation sites (tertiary alicyclic amines) is 1. The Labute approximate surface area is 120 Å². The first-order chi connectivity index (χ1) is 9.16. The second-order valence-electron chi connectivity index (χ2n) is 5.21. The lowest BCUT2D eigenvalue weighted by atomic mass is 10.1. The predicted molar refractivity (Wildman–Crippen MR) is 78.2 cm³/mol. The minimum atomic E-state index is 0.231. The van der Waals surface area contributed by atoms with E-state index in [0.717, 1.165) is 36.5 Å². The van der Waals surface area contributed by atoms with Crippen molar-refractivity contribution in [3.8, 4) is 0 Å². The molecule has 0 spiro atoms. The highest BCUT2D eigenvalue weighted by Crippen LogP contribution is 2.16. The Morgan fingerprint density at radius 3 is 2.63 bits per heavy atom. The fourth-order valence-corrected chi connectivity index (χ4v) is 2.64. The number of hydrogen-bond donors (Lipinski definition) is 0. The standard InChI is InChI=1S/C15H21ClN2O/c1-17(11-13-7-3-4-8-14(13)16)12-15(19)18-9-5-2-6-10-18/h3-4,7-8H,2,5-6,9-12H2,1H3. The van der Waals surface area contributed by atoms with Crippen LogP contribution in [0.1, 0.15) is 24.8 Å². The third-order valence-corrected chi connectivity index (χ3v) is 3.88. The summed E-state index contributed by atoms with van der Waals surface area (Å²) >= 11 is 6.13. The molecule has 1 fully saturated rings. The lowest BCUT2D eigenvalue weighted by Gasteiger charge is -2.28. The molecule has 0 bridgehead atoms. The average molecular weight is 281 g/mol. The van der Waals surface area contributed by atoms with E-state index in [1.807, 2.05) is 41.1 Å². The zero-order valence-electron chi connectivity index (χ0n) is 11.4. The zero-order valence-corrected chi connectivity index (χ0v) is 12.2. The lowest BCUT2D eigenvalue weighted by Crippen LogP contribution is -2.41. The van der Waals surface area contributed by atoms with Gasteiger partial charge in [-0.05, 0) is 37.9 Å². The normalized spacial score (nSPS) is 15.8. The van der Waals surface area contributed by atoms with E-state index in [1.165, 1.54) is 6.42 Å². The third-order valence-electron chi connectivity index (χ3n) is 3.51. The van der Waals surface area contributed by atoms with E-state index in [1.54, 1.807) is 0 Å². The lowest BCUT2D eigenvalue weighted by molar-refractivity contribution is -0.133. The van der Waals surface area contributed by atoms with Crippen molar-refractivity contribution in [3.05, 3.63) is 34.9 Å². The molecular formula is C15H21ClN2O. The topological polar surface area (TPSA) is 23.6 Å². The number of nitrogens with zero attached hydrogens (tertiary/aromatic N) is 2. The van der Waals surface area contributed by atoms with Crippen LogP contribution in [-0.2, 0) is 11.3 Å². The van der Waals surface area contributed by atoms with Gasteiger partial charge in [0.1, 0.15) is 0 Å². The molecule has 3 nitrogen and oxygen atoms in total. The van der Waals surface area contributed by atoms with Gasteiger partial charge in [-0.3, -0.25) is 9.69 Å². The maximum Gasteiger partial charge on any atom is 0.236 e. The number of piperidine rings is 1. The van der Waals surface area contributed by atoms with Gasteiger partial charge in [0.15, 0.2) is 0 Å². The van der Waals surface area contributed by atoms with Crippen LogP contribution in [0.4, 0.5) is 0 Å². The van der Waals surface area contributed by atoms with Crippen molar-refractivity contribution < 1.29 is 4.79 Å². The number of carbonyl (C=O) groups excluding carboxylic acids is 1. The quantitative estimate of drug-likeness (QED) is 0.847. The summed E-state index contributed by atoms with van der Waals surface area (Å²) < 4.78 is 0. The highest BCUT2D eigenvalue weighted by molar-refractivity contribution is 6.31. The summed E-state index contributed by atoms with van der Waals surface area (Å²) in [7, 11) is 1.96. The summed E-state index contributed by atoms with van der Waals surface area (Å²) in [5.41, 5.74) is 1.07. The molecule has 0 saturated carbocycles. The van der Waals surface area contributed by atoms with E-state index in [9.17, 15) is 4.79 Å². The summed E-state index contributed by atoms with van der Waals surface area (Å²) in [5.74, 6) is 0.231. The second-order valence-corrected chi connectivity index (χ2v) is 5.61. The van der Waals surface area contributed by atoms with Crippen LogP contribution in [0.15, 0.2) is 24.3 Å². The summed E-state index contributed by atoms with van der Waals surface area (Å²) in [6.07, 6.45) is 3.53. The van der Waals surface area contributed by atoms with Crippen LogP contribution in [-0.4, -0.2) is 42.4 Å². The summed E-state index contributed by atoms with van der Waals surface area (Å²) in [4.78, 5) is 16.1. The van der Waals surface area contributed by atoms with Crippen molar-refractivity contribution in [2.45, 2.75) is 25.8 Å². The number of carbonyl (C=O) groups is 1. The predicted octanol–water partition coefficient (Wildman–Crippen LogP) is 2.78. The fraction of sp³-hybridized carbons (Fsp3) is 0.533. The van der Waals surface area contributed by atoms with Crippen LogP contribution in [0.3, 0.4) is 0 Å². The Hall–Kier alpha value is -1.06. The fourth-order valence-electron chi connectivity index (χ4n) is 2.45. The van der Waals surface area contributed by atoms with Crippen LogP contribution in [0, 0.1) is 0 Å². The molecule has 19 heavy (non-hydrogen) atoms. The van der Waals surface area contributed by atoms with Gasteiger partial charge in [0, 0.05) is 24.7 Å². The average Bonchev–Trinajstić information content (AvgIpc) is 2.42. The second kappa shape index (κ2) is 6.92. The number of benzene rings is 1. The first-order valence-corrected chi connectivity index (χ1v) is 7.24. The maximum absolute atomic E-state index is 12.1.